The lowest BCUT2D eigenvalue weighted by atomic mass is 9.73. The molecular formula is C22H21F2NO3. The number of hydrogen-bond acceptors (Lipinski definition) is 2. The summed E-state index contributed by atoms with van der Waals surface area (Å²) in [5.74, 6) is -2.64. The summed E-state index contributed by atoms with van der Waals surface area (Å²) >= 11 is 0. The standard InChI is InChI=1S/C22H21F2NO3/c23-15-6-7-19(24)17(12-15)16-13-18(16)20(26)25-10-8-22(9-11-25,21(27)28)14-4-2-1-3-5-14/h1-7,12,16,18H,8-11,13H2,(H,27,28). The van der Waals surface area contributed by atoms with Crippen LogP contribution in [0.5, 0.6) is 0 Å². The van der Waals surface area contributed by atoms with E-state index >= 15 is 0 Å². The number of benzene rings is 2. The number of carbonyl (C=O) groups is 2. The van der Waals surface area contributed by atoms with E-state index in [9.17, 15) is 23.5 Å². The maximum atomic E-state index is 14.0. The van der Waals surface area contributed by atoms with Gasteiger partial charge in [0.2, 0.25) is 5.91 Å². The zero-order chi connectivity index (χ0) is 19.9. The first kappa shape index (κ1) is 18.6. The lowest BCUT2D eigenvalue weighted by Gasteiger charge is -2.39. The number of carboxylic acids is 1. The molecule has 2 aromatic carbocycles. The zero-order valence-electron chi connectivity index (χ0n) is 15.3. The van der Waals surface area contributed by atoms with Crippen LogP contribution in [0.3, 0.4) is 0 Å². The highest BCUT2D eigenvalue weighted by atomic mass is 19.1. The second-order valence-electron chi connectivity index (χ2n) is 7.69. The summed E-state index contributed by atoms with van der Waals surface area (Å²) in [5, 5.41) is 9.86. The molecule has 1 amide bonds. The van der Waals surface area contributed by atoms with Crippen LogP contribution in [0.15, 0.2) is 48.5 Å². The van der Waals surface area contributed by atoms with E-state index < -0.39 is 23.0 Å². The van der Waals surface area contributed by atoms with Gasteiger partial charge in [0.15, 0.2) is 0 Å². The van der Waals surface area contributed by atoms with Gasteiger partial charge < -0.3 is 10.0 Å². The fourth-order valence-electron chi connectivity index (χ4n) is 4.34. The molecule has 2 aromatic rings. The van der Waals surface area contributed by atoms with Crippen LogP contribution in [0, 0.1) is 17.6 Å². The molecule has 146 valence electrons. The van der Waals surface area contributed by atoms with Gasteiger partial charge in [-0.25, -0.2) is 8.78 Å². The Kier molecular flexibility index (Phi) is 4.65. The molecule has 0 bridgehead atoms. The first-order valence-electron chi connectivity index (χ1n) is 9.45. The quantitative estimate of drug-likeness (QED) is 0.873. The molecule has 1 saturated carbocycles. The van der Waals surface area contributed by atoms with Crippen LogP contribution < -0.4 is 0 Å². The van der Waals surface area contributed by atoms with Gasteiger partial charge in [-0.05, 0) is 54.5 Å². The van der Waals surface area contributed by atoms with Gasteiger partial charge in [-0.2, -0.15) is 0 Å². The average molecular weight is 385 g/mol. The maximum absolute atomic E-state index is 14.0. The molecule has 1 N–H and O–H groups in total. The Balaban J connectivity index is 1.45. The first-order chi connectivity index (χ1) is 13.4. The molecule has 0 aromatic heterocycles. The van der Waals surface area contributed by atoms with E-state index in [-0.39, 0.29) is 23.3 Å². The molecule has 4 nitrogen and oxygen atoms in total. The topological polar surface area (TPSA) is 57.6 Å². The van der Waals surface area contributed by atoms with Crippen molar-refractivity contribution in [2.75, 3.05) is 13.1 Å². The molecule has 6 heteroatoms. The number of nitrogens with zero attached hydrogens (tertiary/aromatic N) is 1. The number of halogens is 2. The van der Waals surface area contributed by atoms with E-state index in [1.807, 2.05) is 30.3 Å². The van der Waals surface area contributed by atoms with Crippen LogP contribution in [-0.4, -0.2) is 35.0 Å². The number of hydrogen-bond donors (Lipinski definition) is 1. The van der Waals surface area contributed by atoms with Crippen molar-refractivity contribution in [3.05, 3.63) is 71.3 Å². The number of carbonyl (C=O) groups excluding carboxylic acids is 1. The van der Waals surface area contributed by atoms with Crippen molar-refractivity contribution < 1.29 is 23.5 Å². The highest BCUT2D eigenvalue weighted by Gasteiger charge is 2.50. The Bertz CT molecular complexity index is 907. The fourth-order valence-corrected chi connectivity index (χ4v) is 4.34. The van der Waals surface area contributed by atoms with Crippen molar-refractivity contribution in [1.82, 2.24) is 4.90 Å². The lowest BCUT2D eigenvalue weighted by Crippen LogP contribution is -2.49. The smallest absolute Gasteiger partial charge is 0.314 e. The summed E-state index contributed by atoms with van der Waals surface area (Å²) in [6, 6.07) is 12.4. The summed E-state index contributed by atoms with van der Waals surface area (Å²) in [4.78, 5) is 26.5. The lowest BCUT2D eigenvalue weighted by molar-refractivity contribution is -0.148. The molecular weight excluding hydrogens is 364 g/mol. The predicted molar refractivity (Wildman–Crippen MR) is 98.8 cm³/mol. The third-order valence-electron chi connectivity index (χ3n) is 6.13. The van der Waals surface area contributed by atoms with E-state index in [2.05, 4.69) is 0 Å². The molecule has 2 aliphatic rings. The van der Waals surface area contributed by atoms with Gasteiger partial charge in [-0.1, -0.05) is 30.3 Å². The Morgan fingerprint density at radius 2 is 1.71 bits per heavy atom. The third kappa shape index (κ3) is 3.17. The zero-order valence-corrected chi connectivity index (χ0v) is 15.3. The van der Waals surface area contributed by atoms with Crippen molar-refractivity contribution >= 4 is 11.9 Å². The molecule has 1 heterocycles. The van der Waals surface area contributed by atoms with E-state index in [0.717, 1.165) is 23.8 Å². The van der Waals surface area contributed by atoms with Crippen LogP contribution in [0.4, 0.5) is 8.78 Å². The fraction of sp³-hybridized carbons (Fsp3) is 0.364. The largest absolute Gasteiger partial charge is 0.481 e. The molecule has 2 fully saturated rings. The number of likely N-dealkylation sites (tertiary alicyclic amines) is 1. The minimum atomic E-state index is -0.990. The van der Waals surface area contributed by atoms with Crippen molar-refractivity contribution in [1.29, 1.82) is 0 Å². The molecule has 4 rings (SSSR count). The molecule has 2 atom stereocenters. The molecule has 0 spiro atoms. The van der Waals surface area contributed by atoms with Crippen molar-refractivity contribution in [3.8, 4) is 0 Å². The van der Waals surface area contributed by atoms with Gasteiger partial charge in [-0.3, -0.25) is 9.59 Å². The molecule has 1 saturated heterocycles. The van der Waals surface area contributed by atoms with E-state index in [4.69, 9.17) is 0 Å². The van der Waals surface area contributed by atoms with E-state index in [1.54, 1.807) is 4.90 Å². The normalized spacial score (nSPS) is 23.3. The summed E-state index contributed by atoms with van der Waals surface area (Å²) < 4.78 is 27.4. The second-order valence-corrected chi connectivity index (χ2v) is 7.69. The first-order valence-corrected chi connectivity index (χ1v) is 9.45. The van der Waals surface area contributed by atoms with E-state index in [1.165, 1.54) is 0 Å². The van der Waals surface area contributed by atoms with Crippen LogP contribution >= 0.6 is 0 Å². The summed E-state index contributed by atoms with van der Waals surface area (Å²) in [6.45, 7) is 0.684. The molecule has 2 unspecified atom stereocenters. The van der Waals surface area contributed by atoms with Crippen molar-refractivity contribution in [2.24, 2.45) is 5.92 Å². The minimum absolute atomic E-state index is 0.0966. The van der Waals surface area contributed by atoms with Crippen LogP contribution in [0.25, 0.3) is 0 Å². The highest BCUT2D eigenvalue weighted by molar-refractivity contribution is 5.85. The SMILES string of the molecule is O=C(C1CC1c1cc(F)ccc1F)N1CCC(C(=O)O)(c2ccccc2)CC1. The van der Waals surface area contributed by atoms with Crippen molar-refractivity contribution in [3.63, 3.8) is 0 Å². The van der Waals surface area contributed by atoms with Gasteiger partial charge in [0.05, 0.1) is 5.41 Å². The van der Waals surface area contributed by atoms with Gasteiger partial charge in [-0.15, -0.1) is 0 Å². The number of carboxylic acid groups (broad SMARTS) is 1. The predicted octanol–water partition coefficient (Wildman–Crippen LogP) is 3.71. The van der Waals surface area contributed by atoms with Crippen molar-refractivity contribution in [2.45, 2.75) is 30.6 Å². The number of amides is 1. The summed E-state index contributed by atoms with van der Waals surface area (Å²) in [6.07, 6.45) is 1.17. The summed E-state index contributed by atoms with van der Waals surface area (Å²) in [7, 11) is 0. The number of piperidine rings is 1. The summed E-state index contributed by atoms with van der Waals surface area (Å²) in [5.41, 5.74) is 0.00982. The van der Waals surface area contributed by atoms with E-state index in [0.29, 0.717) is 32.4 Å². The maximum Gasteiger partial charge on any atom is 0.314 e. The second kappa shape index (κ2) is 7.00. The van der Waals surface area contributed by atoms with Gasteiger partial charge in [0.1, 0.15) is 11.6 Å². The van der Waals surface area contributed by atoms with Gasteiger partial charge in [0, 0.05) is 19.0 Å². The van der Waals surface area contributed by atoms with Crippen LogP contribution in [-0.2, 0) is 15.0 Å². The number of aliphatic carboxylic acids is 1. The molecule has 1 aliphatic carbocycles. The molecule has 28 heavy (non-hydrogen) atoms. The Hall–Kier alpha value is -2.76. The number of rotatable bonds is 4. The van der Waals surface area contributed by atoms with Crippen LogP contribution in [0.1, 0.15) is 36.3 Å². The average Bonchev–Trinajstić information content (AvgIpc) is 3.50. The van der Waals surface area contributed by atoms with Gasteiger partial charge >= 0.3 is 5.97 Å². The van der Waals surface area contributed by atoms with Crippen LogP contribution in [0.2, 0.25) is 0 Å². The highest BCUT2D eigenvalue weighted by Crippen LogP contribution is 2.50. The third-order valence-corrected chi connectivity index (χ3v) is 6.13. The Labute approximate surface area is 161 Å². The Morgan fingerprint density at radius 1 is 1.04 bits per heavy atom. The monoisotopic (exact) mass is 385 g/mol. The molecule has 0 radical (unpaired) electrons. The minimum Gasteiger partial charge on any atom is -0.481 e. The van der Waals surface area contributed by atoms with Gasteiger partial charge in [0.25, 0.3) is 0 Å². The molecule has 1 aliphatic heterocycles. The Morgan fingerprint density at radius 3 is 2.36 bits per heavy atom.